The maximum Gasteiger partial charge on any atom is 0.0424 e. The van der Waals surface area contributed by atoms with Crippen molar-refractivity contribution in [3.8, 4) is 0 Å². The molecule has 2 heterocycles. The second-order valence-electron chi connectivity index (χ2n) is 6.67. The molecule has 5 aromatic rings. The van der Waals surface area contributed by atoms with Gasteiger partial charge in [0.25, 0.3) is 0 Å². The van der Waals surface area contributed by atoms with E-state index in [9.17, 15) is 0 Å². The topological polar surface area (TPSA) is 0 Å². The van der Waals surface area contributed by atoms with Crippen LogP contribution in [0.4, 0.5) is 0 Å². The summed E-state index contributed by atoms with van der Waals surface area (Å²) < 4.78 is 2.78. The third kappa shape index (κ3) is 2.41. The quantitative estimate of drug-likeness (QED) is 0.223. The molecular weight excluding hydrogens is 352 g/mol. The van der Waals surface area contributed by atoms with E-state index in [0.29, 0.717) is 0 Å². The Morgan fingerprint density at radius 2 is 1.08 bits per heavy atom. The van der Waals surface area contributed by atoms with E-state index in [1.54, 1.807) is 0 Å². The first-order chi connectivity index (χ1) is 12.8. The number of allylic oxidation sites excluding steroid dienone is 2. The molecule has 0 saturated carbocycles. The zero-order chi connectivity index (χ0) is 17.7. The van der Waals surface area contributed by atoms with Crippen LogP contribution in [0.2, 0.25) is 0 Å². The molecule has 0 nitrogen and oxygen atoms in total. The van der Waals surface area contributed by atoms with E-state index in [1.807, 2.05) is 34.8 Å². The van der Waals surface area contributed by atoms with E-state index in [1.165, 1.54) is 51.5 Å². The normalized spacial score (nSPS) is 11.7. The van der Waals surface area contributed by atoms with Gasteiger partial charge in [-0.3, -0.25) is 0 Å². The second kappa shape index (κ2) is 6.08. The van der Waals surface area contributed by atoms with Crippen molar-refractivity contribution in [2.45, 2.75) is 12.8 Å². The van der Waals surface area contributed by atoms with Gasteiger partial charge in [-0.2, -0.15) is 0 Å². The van der Waals surface area contributed by atoms with Crippen molar-refractivity contribution in [3.05, 3.63) is 83.6 Å². The molecule has 0 saturated heterocycles. The Morgan fingerprint density at radius 1 is 0.615 bits per heavy atom. The number of benzene rings is 3. The highest BCUT2D eigenvalue weighted by molar-refractivity contribution is 7.20. The van der Waals surface area contributed by atoms with Gasteiger partial charge in [0, 0.05) is 29.9 Å². The third-order valence-electron chi connectivity index (χ3n) is 4.91. The van der Waals surface area contributed by atoms with Crippen LogP contribution in [0.1, 0.15) is 9.75 Å². The number of hydrogen-bond donors (Lipinski definition) is 0. The van der Waals surface area contributed by atoms with Gasteiger partial charge in [0.05, 0.1) is 0 Å². The van der Waals surface area contributed by atoms with Crippen LogP contribution in [0.5, 0.6) is 0 Å². The fourth-order valence-electron chi connectivity index (χ4n) is 3.73. The molecule has 0 aliphatic heterocycles. The van der Waals surface area contributed by atoms with Gasteiger partial charge in [-0.1, -0.05) is 36.4 Å². The van der Waals surface area contributed by atoms with Crippen molar-refractivity contribution >= 4 is 64.4 Å². The molecule has 0 fully saturated rings. The molecule has 0 amide bonds. The second-order valence-corrected chi connectivity index (χ2v) is 8.95. The van der Waals surface area contributed by atoms with Gasteiger partial charge in [-0.05, 0) is 58.7 Å². The van der Waals surface area contributed by atoms with Crippen molar-refractivity contribution in [2.75, 3.05) is 0 Å². The van der Waals surface area contributed by atoms with Gasteiger partial charge in [0.15, 0.2) is 0 Å². The van der Waals surface area contributed by atoms with Crippen LogP contribution in [0.3, 0.4) is 0 Å². The van der Waals surface area contributed by atoms with E-state index in [0.717, 1.165) is 12.8 Å². The minimum Gasteiger partial charge on any atom is -0.139 e. The Hall–Kier alpha value is -2.42. The van der Waals surface area contributed by atoms with Crippen molar-refractivity contribution in [1.29, 1.82) is 0 Å². The van der Waals surface area contributed by atoms with E-state index in [2.05, 4.69) is 61.7 Å². The van der Waals surface area contributed by atoms with Crippen LogP contribution in [-0.2, 0) is 12.8 Å². The van der Waals surface area contributed by atoms with Gasteiger partial charge in [-0.25, -0.2) is 0 Å². The summed E-state index contributed by atoms with van der Waals surface area (Å²) in [6.07, 6.45) is 5.85. The van der Waals surface area contributed by atoms with Crippen LogP contribution in [-0.4, -0.2) is 0 Å². The molecule has 0 spiro atoms. The van der Waals surface area contributed by atoms with Crippen molar-refractivity contribution in [1.82, 2.24) is 0 Å². The zero-order valence-corrected chi connectivity index (χ0v) is 16.1. The minimum atomic E-state index is 0.939. The first kappa shape index (κ1) is 15.8. The van der Waals surface area contributed by atoms with Gasteiger partial charge >= 0.3 is 0 Å². The van der Waals surface area contributed by atoms with E-state index in [-0.39, 0.29) is 0 Å². The monoisotopic (exact) mass is 370 g/mol. The smallest absolute Gasteiger partial charge is 0.0424 e. The lowest BCUT2D eigenvalue weighted by Gasteiger charge is -2.05. The lowest BCUT2D eigenvalue weighted by Crippen LogP contribution is -1.77. The molecular formula is C24H18S2. The Balaban J connectivity index is 1.85. The lowest BCUT2D eigenvalue weighted by atomic mass is 10.0. The summed E-state index contributed by atoms with van der Waals surface area (Å²) in [5.74, 6) is 0. The Kier molecular flexibility index (Phi) is 3.70. The van der Waals surface area contributed by atoms with Crippen LogP contribution < -0.4 is 0 Å². The lowest BCUT2D eigenvalue weighted by molar-refractivity contribution is 1.36. The molecule has 0 aliphatic carbocycles. The molecule has 2 heteroatoms. The van der Waals surface area contributed by atoms with Gasteiger partial charge in [0.1, 0.15) is 0 Å². The standard InChI is InChI=1S/C24H18S2/c1-3-5-19-12-17-9-7-15-11-16-8-10-18-13-20(6-4-2)26-24(18)22(16)14-21(15)23(17)25-19/h3-4,7-14H,1-2,5-6H2. The molecule has 0 bridgehead atoms. The van der Waals surface area contributed by atoms with Gasteiger partial charge in [-0.15, -0.1) is 35.8 Å². The van der Waals surface area contributed by atoms with E-state index < -0.39 is 0 Å². The highest BCUT2D eigenvalue weighted by Crippen LogP contribution is 2.39. The summed E-state index contributed by atoms with van der Waals surface area (Å²) in [7, 11) is 0. The van der Waals surface area contributed by atoms with E-state index >= 15 is 0 Å². The Morgan fingerprint density at radius 3 is 1.54 bits per heavy atom. The van der Waals surface area contributed by atoms with Crippen molar-refractivity contribution in [2.24, 2.45) is 0 Å². The summed E-state index contributed by atoms with van der Waals surface area (Å²) in [5, 5.41) is 8.04. The third-order valence-corrected chi connectivity index (χ3v) is 7.32. The van der Waals surface area contributed by atoms with Crippen molar-refractivity contribution < 1.29 is 0 Å². The average Bonchev–Trinajstić information content (AvgIpc) is 3.24. The zero-order valence-electron chi connectivity index (χ0n) is 14.4. The van der Waals surface area contributed by atoms with Crippen LogP contribution in [0.25, 0.3) is 41.7 Å². The fraction of sp³-hybridized carbons (Fsp3) is 0.0833. The molecule has 5 rings (SSSR count). The summed E-state index contributed by atoms with van der Waals surface area (Å²) in [5.41, 5.74) is 0. The molecule has 0 atom stereocenters. The summed E-state index contributed by atoms with van der Waals surface area (Å²) in [4.78, 5) is 2.76. The summed E-state index contributed by atoms with van der Waals surface area (Å²) >= 11 is 3.80. The average molecular weight is 371 g/mol. The van der Waals surface area contributed by atoms with Crippen LogP contribution in [0, 0.1) is 0 Å². The predicted molar refractivity (Wildman–Crippen MR) is 120 cm³/mol. The number of hydrogen-bond acceptors (Lipinski definition) is 2. The number of thiophene rings is 2. The predicted octanol–water partition coefficient (Wildman–Crippen LogP) is 7.88. The highest BCUT2D eigenvalue weighted by atomic mass is 32.1. The molecule has 26 heavy (non-hydrogen) atoms. The first-order valence-corrected chi connectivity index (χ1v) is 10.4. The van der Waals surface area contributed by atoms with Crippen LogP contribution >= 0.6 is 22.7 Å². The largest absolute Gasteiger partial charge is 0.139 e. The minimum absolute atomic E-state index is 0.939. The maximum absolute atomic E-state index is 3.88. The molecule has 3 aromatic carbocycles. The van der Waals surface area contributed by atoms with Gasteiger partial charge in [0.2, 0.25) is 0 Å². The molecule has 126 valence electrons. The number of rotatable bonds is 4. The maximum atomic E-state index is 3.88. The molecule has 2 aromatic heterocycles. The number of fused-ring (bicyclic) bond motifs is 6. The van der Waals surface area contributed by atoms with Crippen LogP contribution in [0.15, 0.2) is 73.8 Å². The van der Waals surface area contributed by atoms with E-state index in [4.69, 9.17) is 0 Å². The highest BCUT2D eigenvalue weighted by Gasteiger charge is 2.10. The Bertz CT molecular complexity index is 1210. The first-order valence-electron chi connectivity index (χ1n) is 8.79. The molecule has 0 unspecified atom stereocenters. The molecule has 0 radical (unpaired) electrons. The summed E-state index contributed by atoms with van der Waals surface area (Å²) in [6, 6.07) is 18.4. The molecule has 0 aliphatic rings. The fourth-order valence-corrected chi connectivity index (χ4v) is 6.10. The van der Waals surface area contributed by atoms with Gasteiger partial charge < -0.3 is 0 Å². The Labute approximate surface area is 160 Å². The summed E-state index contributed by atoms with van der Waals surface area (Å²) in [6.45, 7) is 7.76. The SMILES string of the molecule is C=CCc1cc2ccc3cc4ccc5cc(CC=C)sc5c4cc3c2s1. The molecule has 0 N–H and O–H groups in total. The van der Waals surface area contributed by atoms with Crippen molar-refractivity contribution in [3.63, 3.8) is 0 Å².